The molecule has 1 aliphatic carbocycles. The fourth-order valence-corrected chi connectivity index (χ4v) is 5.97. The lowest BCUT2D eigenvalue weighted by Crippen LogP contribution is -2.37. The minimum absolute atomic E-state index is 0.0160. The normalized spacial score (nSPS) is 22.8. The van der Waals surface area contributed by atoms with Crippen LogP contribution >= 0.6 is 0 Å². The summed E-state index contributed by atoms with van der Waals surface area (Å²) in [5.74, 6) is -0.884. The zero-order valence-corrected chi connectivity index (χ0v) is 23.8. The van der Waals surface area contributed by atoms with Gasteiger partial charge >= 0.3 is 0 Å². The first-order valence-corrected chi connectivity index (χ1v) is 14.1. The summed E-state index contributed by atoms with van der Waals surface area (Å²) in [6, 6.07) is 33.4. The van der Waals surface area contributed by atoms with Gasteiger partial charge in [0.25, 0.3) is 0 Å². The van der Waals surface area contributed by atoms with Crippen molar-refractivity contribution in [1.82, 2.24) is 0 Å². The van der Waals surface area contributed by atoms with Crippen molar-refractivity contribution in [1.29, 1.82) is 0 Å². The van der Waals surface area contributed by atoms with Crippen LogP contribution in [0.4, 0.5) is 0 Å². The highest BCUT2D eigenvalue weighted by molar-refractivity contribution is 5.97. The van der Waals surface area contributed by atoms with Crippen LogP contribution in [0.2, 0.25) is 0 Å². The van der Waals surface area contributed by atoms with E-state index in [1.165, 1.54) is 22.3 Å². The predicted octanol–water partition coefficient (Wildman–Crippen LogP) is 8.53. The van der Waals surface area contributed by atoms with Crippen LogP contribution in [-0.2, 0) is 4.79 Å². The number of carbonyl (C=O) groups is 1. The molecule has 0 saturated heterocycles. The van der Waals surface area contributed by atoms with Gasteiger partial charge in [-0.15, -0.1) is 0 Å². The second-order valence-electron chi connectivity index (χ2n) is 11.5. The third-order valence-electron chi connectivity index (χ3n) is 8.31. The number of aliphatic hydroxyl groups is 1. The van der Waals surface area contributed by atoms with Crippen molar-refractivity contribution >= 4 is 17.9 Å². The molecule has 0 aliphatic heterocycles. The summed E-state index contributed by atoms with van der Waals surface area (Å²) in [6.45, 7) is 8.27. The Morgan fingerprint density at radius 3 is 1.57 bits per heavy atom. The van der Waals surface area contributed by atoms with Gasteiger partial charge in [-0.25, -0.2) is 0 Å². The van der Waals surface area contributed by atoms with Crippen LogP contribution < -0.4 is 0 Å². The summed E-state index contributed by atoms with van der Waals surface area (Å²) < 4.78 is 0. The number of hydrogen-bond donors (Lipinski definition) is 1. The highest BCUT2D eigenvalue weighted by atomic mass is 16.3. The molecule has 4 aromatic carbocycles. The SMILES string of the molecule is Cc1ccc(/C=C/C(=O)C2C(c3ccc(C)cc3)C(c3ccc(C)cc3)CC2(O)/C=C/c2ccc(C)cc2)cc1. The molecule has 1 N–H and O–H groups in total. The molecular formula is C38H38O2. The Balaban J connectivity index is 1.61. The summed E-state index contributed by atoms with van der Waals surface area (Å²) in [5, 5.41) is 12.4. The van der Waals surface area contributed by atoms with Crippen LogP contribution in [0.3, 0.4) is 0 Å². The Morgan fingerprint density at radius 2 is 1.07 bits per heavy atom. The topological polar surface area (TPSA) is 37.3 Å². The predicted molar refractivity (Wildman–Crippen MR) is 166 cm³/mol. The molecule has 0 spiro atoms. The molecule has 0 bridgehead atoms. The van der Waals surface area contributed by atoms with Gasteiger partial charge in [0.1, 0.15) is 0 Å². The standard InChI is InChI=1S/C38H38O2/c1-26-5-13-30(14-6-26)17-22-35(39)37-36(33-20-11-29(4)12-21-33)34(32-18-9-28(3)10-19-32)25-38(37,40)24-23-31-15-7-27(2)8-16-31/h5-24,34,36-37,40H,25H2,1-4H3/b22-17+,24-23+. The first kappa shape index (κ1) is 27.6. The Bertz CT molecular complexity index is 1510. The van der Waals surface area contributed by atoms with Crippen LogP contribution in [0.25, 0.3) is 12.2 Å². The number of ketones is 1. The van der Waals surface area contributed by atoms with E-state index in [0.29, 0.717) is 6.42 Å². The molecule has 0 heterocycles. The lowest BCUT2D eigenvalue weighted by molar-refractivity contribution is -0.123. The van der Waals surface area contributed by atoms with Gasteiger partial charge in [0.2, 0.25) is 0 Å². The lowest BCUT2D eigenvalue weighted by atomic mass is 9.76. The van der Waals surface area contributed by atoms with Crippen molar-refractivity contribution in [2.75, 3.05) is 0 Å². The summed E-state index contributed by atoms with van der Waals surface area (Å²) in [5.41, 5.74) is 7.62. The van der Waals surface area contributed by atoms with Gasteiger partial charge in [-0.05, 0) is 68.4 Å². The fraction of sp³-hybridized carbons (Fsp3) is 0.237. The minimum atomic E-state index is -1.31. The van der Waals surface area contributed by atoms with E-state index < -0.39 is 11.5 Å². The van der Waals surface area contributed by atoms with Crippen molar-refractivity contribution in [2.24, 2.45) is 5.92 Å². The summed E-state index contributed by atoms with van der Waals surface area (Å²) in [4.78, 5) is 14.2. The quantitative estimate of drug-likeness (QED) is 0.245. The molecule has 4 atom stereocenters. The lowest BCUT2D eigenvalue weighted by Gasteiger charge is -2.29. The molecule has 202 valence electrons. The molecular weight excluding hydrogens is 488 g/mol. The van der Waals surface area contributed by atoms with E-state index in [-0.39, 0.29) is 17.6 Å². The summed E-state index contributed by atoms with van der Waals surface area (Å²) >= 11 is 0. The van der Waals surface area contributed by atoms with Gasteiger partial charge in [-0.3, -0.25) is 4.79 Å². The number of aryl methyl sites for hydroxylation is 4. The zero-order chi connectivity index (χ0) is 28.3. The van der Waals surface area contributed by atoms with Crippen LogP contribution in [0.5, 0.6) is 0 Å². The smallest absolute Gasteiger partial charge is 0.162 e. The van der Waals surface area contributed by atoms with E-state index in [2.05, 4.69) is 88.4 Å². The molecule has 0 amide bonds. The number of allylic oxidation sites excluding steroid dienone is 1. The largest absolute Gasteiger partial charge is 0.385 e. The second-order valence-corrected chi connectivity index (χ2v) is 11.5. The Morgan fingerprint density at radius 1 is 0.650 bits per heavy atom. The number of benzene rings is 4. The Hall–Kier alpha value is -4.01. The average molecular weight is 527 g/mol. The van der Waals surface area contributed by atoms with E-state index in [0.717, 1.165) is 22.3 Å². The fourth-order valence-electron chi connectivity index (χ4n) is 5.97. The van der Waals surface area contributed by atoms with Gasteiger partial charge in [-0.1, -0.05) is 138 Å². The molecule has 2 heteroatoms. The van der Waals surface area contributed by atoms with E-state index >= 15 is 0 Å². The highest BCUT2D eigenvalue weighted by Crippen LogP contribution is 2.55. The molecule has 1 fully saturated rings. The zero-order valence-electron chi connectivity index (χ0n) is 23.8. The molecule has 5 rings (SSSR count). The van der Waals surface area contributed by atoms with Crippen molar-refractivity contribution < 1.29 is 9.90 Å². The molecule has 0 radical (unpaired) electrons. The third-order valence-corrected chi connectivity index (χ3v) is 8.31. The van der Waals surface area contributed by atoms with E-state index in [1.54, 1.807) is 6.08 Å². The van der Waals surface area contributed by atoms with Gasteiger partial charge in [0.05, 0.1) is 11.5 Å². The van der Waals surface area contributed by atoms with Gasteiger partial charge in [0, 0.05) is 5.92 Å². The molecule has 1 saturated carbocycles. The number of hydrogen-bond acceptors (Lipinski definition) is 2. The average Bonchev–Trinajstić information content (AvgIpc) is 3.26. The molecule has 1 aliphatic rings. The van der Waals surface area contributed by atoms with Crippen molar-refractivity contribution in [3.05, 3.63) is 154 Å². The maximum absolute atomic E-state index is 14.2. The monoisotopic (exact) mass is 526 g/mol. The molecule has 40 heavy (non-hydrogen) atoms. The van der Waals surface area contributed by atoms with Crippen LogP contribution in [0.1, 0.15) is 62.8 Å². The number of rotatable bonds is 7. The molecule has 2 nitrogen and oxygen atoms in total. The maximum atomic E-state index is 14.2. The minimum Gasteiger partial charge on any atom is -0.385 e. The van der Waals surface area contributed by atoms with Crippen molar-refractivity contribution in [3.8, 4) is 0 Å². The molecule has 0 aromatic heterocycles. The van der Waals surface area contributed by atoms with Gasteiger partial charge < -0.3 is 5.11 Å². The van der Waals surface area contributed by atoms with E-state index in [1.807, 2.05) is 54.6 Å². The second kappa shape index (κ2) is 11.6. The van der Waals surface area contributed by atoms with Crippen LogP contribution in [0.15, 0.2) is 109 Å². The van der Waals surface area contributed by atoms with Crippen LogP contribution in [-0.4, -0.2) is 16.5 Å². The van der Waals surface area contributed by atoms with E-state index in [4.69, 9.17) is 0 Å². The van der Waals surface area contributed by atoms with Gasteiger partial charge in [-0.2, -0.15) is 0 Å². The number of carbonyl (C=O) groups excluding carboxylic acids is 1. The first-order chi connectivity index (χ1) is 19.2. The molecule has 4 aromatic rings. The Kier molecular flexibility index (Phi) is 8.00. The van der Waals surface area contributed by atoms with Gasteiger partial charge in [0.15, 0.2) is 5.78 Å². The van der Waals surface area contributed by atoms with Crippen LogP contribution in [0, 0.1) is 33.6 Å². The van der Waals surface area contributed by atoms with E-state index in [9.17, 15) is 9.90 Å². The molecule has 4 unspecified atom stereocenters. The first-order valence-electron chi connectivity index (χ1n) is 14.1. The third kappa shape index (κ3) is 6.08. The Labute approximate surface area is 238 Å². The van der Waals surface area contributed by atoms with Crippen molar-refractivity contribution in [3.63, 3.8) is 0 Å². The highest BCUT2D eigenvalue weighted by Gasteiger charge is 2.54. The summed E-state index contributed by atoms with van der Waals surface area (Å²) in [6.07, 6.45) is 7.84. The van der Waals surface area contributed by atoms with Crippen molar-refractivity contribution in [2.45, 2.75) is 51.6 Å². The maximum Gasteiger partial charge on any atom is 0.162 e. The summed E-state index contributed by atoms with van der Waals surface area (Å²) in [7, 11) is 0.